The number of aldehydes is 2. The molecule has 0 heterocycles. The molecule has 0 aromatic rings. The number of hydrogen-bond acceptors (Lipinski definition) is 0. The molecule has 0 aliphatic carbocycles. The van der Waals surface area contributed by atoms with Crippen LogP contribution in [0.25, 0.3) is 0 Å². The van der Waals surface area contributed by atoms with Crippen molar-refractivity contribution < 1.29 is 14.1 Å². The number of rotatable bonds is 31. The van der Waals surface area contributed by atoms with Gasteiger partial charge in [-0.2, -0.15) is 0 Å². The smallest absolute Gasteiger partial charge is 0.281 e. The minimum absolute atomic E-state index is 0.844. The Morgan fingerprint density at radius 3 is 0.917 bits per heavy atom. The lowest BCUT2D eigenvalue weighted by Gasteiger charge is -2.35. The fourth-order valence-electron chi connectivity index (χ4n) is 5.54. The predicted octanol–water partition coefficient (Wildman–Crippen LogP) is 9.94. The Morgan fingerprint density at radius 1 is 0.389 bits per heavy atom. The fourth-order valence-corrected chi connectivity index (χ4v) is 5.54. The van der Waals surface area contributed by atoms with Crippen LogP contribution in [0.1, 0.15) is 174 Å². The molecule has 0 aliphatic rings. The van der Waals surface area contributed by atoms with Crippen molar-refractivity contribution in [1.82, 2.24) is 0 Å². The molecule has 214 valence electrons. The molecule has 0 saturated heterocycles. The molecule has 0 amide bonds. The van der Waals surface area contributed by atoms with Crippen LogP contribution in [0.3, 0.4) is 0 Å². The van der Waals surface area contributed by atoms with Crippen molar-refractivity contribution in [3.8, 4) is 0 Å². The summed E-state index contributed by atoms with van der Waals surface area (Å²) in [6.07, 6.45) is 37.3. The minimum atomic E-state index is 0.844. The van der Waals surface area contributed by atoms with Gasteiger partial charge < -0.3 is 4.48 Å². The third kappa shape index (κ3) is 26.4. The highest BCUT2D eigenvalue weighted by molar-refractivity contribution is 5.50. The maximum absolute atomic E-state index is 8.85. The van der Waals surface area contributed by atoms with E-state index in [0.717, 1.165) is 25.7 Å². The van der Waals surface area contributed by atoms with Crippen molar-refractivity contribution in [2.75, 3.05) is 26.7 Å². The van der Waals surface area contributed by atoms with Gasteiger partial charge in [-0.3, -0.25) is 9.59 Å². The van der Waals surface area contributed by atoms with Crippen LogP contribution in [-0.4, -0.2) is 53.3 Å². The largest absolute Gasteiger partial charge is 0.326 e. The standard InChI is InChI=1S/C33H66NO2/c1-3-4-5-6-7-8-9-10-11-12-13-14-15-16-19-24-29-34(2,30-25-20-17-22-27-32-35)31-26-21-18-23-28-33-36/h32-33H,3-31H2,1-2H3/q+1/p+2. The highest BCUT2D eigenvalue weighted by Gasteiger charge is 2.20. The summed E-state index contributed by atoms with van der Waals surface area (Å²) >= 11 is 0. The Bertz CT molecular complexity index is 431. The Hall–Kier alpha value is -0.700. The Balaban J connectivity index is 3.81. The number of nitrogens with zero attached hydrogens (tertiary/aromatic N) is 1. The number of unbranched alkanes of at least 4 members (excludes halogenated alkanes) is 23. The molecule has 0 aromatic carbocycles. The lowest BCUT2D eigenvalue weighted by molar-refractivity contribution is -0.910. The first-order valence-corrected chi connectivity index (χ1v) is 16.4. The second-order valence-electron chi connectivity index (χ2n) is 11.9. The summed E-state index contributed by atoms with van der Waals surface area (Å²) in [6, 6.07) is 0. The number of hydrogen-bond donors (Lipinski definition) is 0. The summed E-state index contributed by atoms with van der Waals surface area (Å²) in [5, 5.41) is 0. The summed E-state index contributed by atoms with van der Waals surface area (Å²) in [5.74, 6) is 0. The summed E-state index contributed by atoms with van der Waals surface area (Å²) in [7, 11) is 2.49. The van der Waals surface area contributed by atoms with E-state index >= 15 is 0 Å². The lowest BCUT2D eigenvalue weighted by Crippen LogP contribution is -2.46. The lowest BCUT2D eigenvalue weighted by atomic mass is 10.0. The molecular formula is C33H68NO2+3. The van der Waals surface area contributed by atoms with Gasteiger partial charge in [0, 0.05) is 0 Å². The molecule has 3 nitrogen and oxygen atoms in total. The first-order chi connectivity index (χ1) is 17.7. The summed E-state index contributed by atoms with van der Waals surface area (Å²) in [6.45, 7) is 6.26. The van der Waals surface area contributed by atoms with Crippen LogP contribution in [0.2, 0.25) is 0 Å². The second-order valence-corrected chi connectivity index (χ2v) is 11.9. The average Bonchev–Trinajstić information content (AvgIpc) is 2.88. The van der Waals surface area contributed by atoms with Crippen LogP contribution in [0.5, 0.6) is 0 Å². The van der Waals surface area contributed by atoms with Gasteiger partial charge in [-0.1, -0.05) is 110 Å². The summed E-state index contributed by atoms with van der Waals surface area (Å²) in [5.41, 5.74) is 0. The first kappa shape index (κ1) is 35.3. The average molecular weight is 511 g/mol. The SMILES string of the molecule is CCCCCCCCCCCCCCCCCC[N+](C)(CCCCCCC=[OH+])CCCCCCC=[OH+]. The third-order valence-electron chi connectivity index (χ3n) is 8.11. The molecule has 0 radical (unpaired) electrons. The van der Waals surface area contributed by atoms with Gasteiger partial charge in [0.05, 0.1) is 39.5 Å². The second kappa shape index (κ2) is 28.9. The van der Waals surface area contributed by atoms with E-state index < -0.39 is 0 Å². The molecule has 2 N–H and O–H groups in total. The maximum atomic E-state index is 8.85. The molecule has 0 rings (SSSR count). The van der Waals surface area contributed by atoms with E-state index in [2.05, 4.69) is 14.0 Å². The molecule has 3 heteroatoms. The van der Waals surface area contributed by atoms with Gasteiger partial charge in [-0.15, -0.1) is 0 Å². The van der Waals surface area contributed by atoms with Crippen molar-refractivity contribution in [2.24, 2.45) is 0 Å². The normalized spacial score (nSPS) is 13.1. The monoisotopic (exact) mass is 511 g/mol. The van der Waals surface area contributed by atoms with Gasteiger partial charge >= 0.3 is 0 Å². The van der Waals surface area contributed by atoms with Crippen LogP contribution >= 0.6 is 0 Å². The van der Waals surface area contributed by atoms with E-state index in [1.54, 1.807) is 0 Å². The topological polar surface area (TPSA) is 42.8 Å². The third-order valence-corrected chi connectivity index (χ3v) is 8.11. The Morgan fingerprint density at radius 2 is 0.639 bits per heavy atom. The highest BCUT2D eigenvalue weighted by Crippen LogP contribution is 2.17. The highest BCUT2D eigenvalue weighted by atomic mass is 16.1. The van der Waals surface area contributed by atoms with Crippen LogP contribution in [0, 0.1) is 0 Å². The predicted molar refractivity (Wildman–Crippen MR) is 163 cm³/mol. The van der Waals surface area contributed by atoms with Gasteiger partial charge in [0.1, 0.15) is 0 Å². The first-order valence-electron chi connectivity index (χ1n) is 16.4. The van der Waals surface area contributed by atoms with E-state index in [4.69, 9.17) is 9.59 Å². The van der Waals surface area contributed by atoms with Gasteiger partial charge in [0.25, 0.3) is 12.6 Å². The van der Waals surface area contributed by atoms with E-state index in [1.165, 1.54) is 178 Å². The van der Waals surface area contributed by atoms with E-state index in [9.17, 15) is 0 Å². The van der Waals surface area contributed by atoms with Crippen molar-refractivity contribution >= 4 is 12.6 Å². The Labute approximate surface area is 227 Å². The van der Waals surface area contributed by atoms with E-state index in [0.29, 0.717) is 0 Å². The number of carbonyl (C=O) groups excluding carboxylic acids is 2. The van der Waals surface area contributed by atoms with Crippen molar-refractivity contribution in [1.29, 1.82) is 0 Å². The van der Waals surface area contributed by atoms with Crippen molar-refractivity contribution in [3.63, 3.8) is 0 Å². The quantitative estimate of drug-likeness (QED) is 0.0385. The molecule has 36 heavy (non-hydrogen) atoms. The van der Waals surface area contributed by atoms with Crippen LogP contribution in [0.4, 0.5) is 0 Å². The van der Waals surface area contributed by atoms with Crippen LogP contribution < -0.4 is 0 Å². The van der Waals surface area contributed by atoms with Crippen LogP contribution in [0.15, 0.2) is 0 Å². The minimum Gasteiger partial charge on any atom is -0.326 e. The molecule has 0 fully saturated rings. The molecular weight excluding hydrogens is 442 g/mol. The van der Waals surface area contributed by atoms with Crippen LogP contribution in [-0.2, 0) is 0 Å². The fraction of sp³-hybridized carbons (Fsp3) is 0.939. The zero-order valence-electron chi connectivity index (χ0n) is 25.0. The van der Waals surface area contributed by atoms with Crippen molar-refractivity contribution in [3.05, 3.63) is 0 Å². The summed E-state index contributed by atoms with van der Waals surface area (Å²) < 4.78 is 1.25. The molecule has 0 unspecified atom stereocenters. The van der Waals surface area contributed by atoms with Gasteiger partial charge in [0.15, 0.2) is 0 Å². The molecule has 0 bridgehead atoms. The number of quaternary nitrogens is 1. The summed E-state index contributed by atoms with van der Waals surface area (Å²) in [4.78, 5) is 17.7. The van der Waals surface area contributed by atoms with Gasteiger partial charge in [-0.25, -0.2) is 0 Å². The Kier molecular flexibility index (Phi) is 28.3. The molecule has 0 saturated carbocycles. The molecule has 0 atom stereocenters. The maximum Gasteiger partial charge on any atom is 0.281 e. The van der Waals surface area contributed by atoms with E-state index in [-0.39, 0.29) is 0 Å². The zero-order chi connectivity index (χ0) is 26.4. The van der Waals surface area contributed by atoms with Gasteiger partial charge in [-0.05, 0) is 51.4 Å². The van der Waals surface area contributed by atoms with E-state index in [1.807, 2.05) is 0 Å². The van der Waals surface area contributed by atoms with Crippen molar-refractivity contribution in [2.45, 2.75) is 174 Å². The molecule has 0 spiro atoms. The molecule has 0 aliphatic heterocycles. The zero-order valence-corrected chi connectivity index (χ0v) is 25.0. The molecule has 0 aromatic heterocycles. The van der Waals surface area contributed by atoms with Gasteiger partial charge in [0.2, 0.25) is 0 Å².